The fourth-order valence-electron chi connectivity index (χ4n) is 2.86. The van der Waals surface area contributed by atoms with Crippen LogP contribution in [0.4, 0.5) is 0 Å². The summed E-state index contributed by atoms with van der Waals surface area (Å²) in [6, 6.07) is 13.2. The van der Waals surface area contributed by atoms with Gasteiger partial charge < -0.3 is 0 Å². The summed E-state index contributed by atoms with van der Waals surface area (Å²) < 4.78 is 6.71. The molecule has 1 aliphatic carbocycles. The van der Waals surface area contributed by atoms with Crippen LogP contribution in [-0.2, 0) is 5.41 Å². The van der Waals surface area contributed by atoms with E-state index in [1.165, 1.54) is 25.9 Å². The van der Waals surface area contributed by atoms with Gasteiger partial charge in [0.25, 0.3) is 0 Å². The van der Waals surface area contributed by atoms with Gasteiger partial charge in [0.05, 0.1) is 0 Å². The number of ether oxygens (including phenoxy) is 1. The quantitative estimate of drug-likeness (QED) is 0.717. The molecule has 0 atom stereocenters. The Labute approximate surface area is 121 Å². The maximum atomic E-state index is 5.36. The topological polar surface area (TPSA) is 9.23 Å². The van der Waals surface area contributed by atoms with E-state index in [0.717, 1.165) is 5.75 Å². The SMILES string of the molecule is COc1ccc2c(c1)-c1cc([TeH])ccc1C2(C)C. The maximum absolute atomic E-state index is 5.36. The van der Waals surface area contributed by atoms with Crippen molar-refractivity contribution in [2.45, 2.75) is 19.3 Å². The Morgan fingerprint density at radius 1 is 0.944 bits per heavy atom. The van der Waals surface area contributed by atoms with Crippen LogP contribution in [0.3, 0.4) is 0 Å². The van der Waals surface area contributed by atoms with Crippen molar-refractivity contribution in [2.75, 3.05) is 7.11 Å². The van der Waals surface area contributed by atoms with Gasteiger partial charge in [-0.3, -0.25) is 0 Å². The number of hydrogen-bond donors (Lipinski definition) is 0. The van der Waals surface area contributed by atoms with Crippen molar-refractivity contribution < 1.29 is 4.74 Å². The molecule has 0 N–H and O–H groups in total. The van der Waals surface area contributed by atoms with Gasteiger partial charge in [0, 0.05) is 0 Å². The predicted molar refractivity (Wildman–Crippen MR) is 77.3 cm³/mol. The molecule has 0 aromatic heterocycles. The zero-order valence-electron chi connectivity index (χ0n) is 10.8. The molecule has 0 saturated heterocycles. The molecule has 2 aromatic carbocycles. The zero-order valence-corrected chi connectivity index (χ0v) is 13.4. The fraction of sp³-hybridized carbons (Fsp3) is 0.250. The minimum absolute atomic E-state index is 0.0935. The van der Waals surface area contributed by atoms with Crippen LogP contribution in [0.15, 0.2) is 36.4 Å². The molecule has 2 heteroatoms. The molecule has 1 aliphatic rings. The Balaban J connectivity index is 2.33. The van der Waals surface area contributed by atoms with Crippen molar-refractivity contribution in [1.29, 1.82) is 0 Å². The number of fused-ring (bicyclic) bond motifs is 3. The standard InChI is InChI=1S/C16H16OTe/c1-16(2)14-6-4-10(17-3)8-12(14)13-9-11(18)5-7-15(13)16/h4-9,18H,1-3H3. The minimum atomic E-state index is 0.0935. The number of methoxy groups -OCH3 is 1. The normalized spacial score (nSPS) is 15.1. The first-order valence-electron chi connectivity index (χ1n) is 6.06. The molecule has 1 nitrogen and oxygen atoms in total. The summed E-state index contributed by atoms with van der Waals surface area (Å²) >= 11 is 1.77. The van der Waals surface area contributed by atoms with Gasteiger partial charge in [-0.15, -0.1) is 0 Å². The third kappa shape index (κ3) is 1.60. The second-order valence-corrected chi connectivity index (χ2v) is 6.74. The van der Waals surface area contributed by atoms with Crippen LogP contribution in [0, 0.1) is 0 Å². The summed E-state index contributed by atoms with van der Waals surface area (Å²) in [7, 11) is 1.72. The molecule has 0 unspecified atom stereocenters. The molecule has 0 fully saturated rings. The monoisotopic (exact) mass is 354 g/mol. The molecule has 92 valence electrons. The van der Waals surface area contributed by atoms with Crippen molar-refractivity contribution >= 4 is 25.9 Å². The number of benzene rings is 2. The third-order valence-electron chi connectivity index (χ3n) is 3.87. The summed E-state index contributed by atoms with van der Waals surface area (Å²) in [5, 5.41) is 0. The van der Waals surface area contributed by atoms with E-state index in [4.69, 9.17) is 4.74 Å². The molecular formula is C16H16OTe. The Hall–Kier alpha value is -0.970. The first-order chi connectivity index (χ1) is 8.54. The first-order valence-corrected chi connectivity index (χ1v) is 7.34. The molecule has 0 radical (unpaired) electrons. The summed E-state index contributed by atoms with van der Waals surface area (Å²) in [6.07, 6.45) is 0. The van der Waals surface area contributed by atoms with E-state index in [0.29, 0.717) is 0 Å². The predicted octanol–water partition coefficient (Wildman–Crippen LogP) is 2.53. The number of rotatable bonds is 1. The Morgan fingerprint density at radius 2 is 1.56 bits per heavy atom. The Kier molecular flexibility index (Phi) is 2.70. The van der Waals surface area contributed by atoms with Gasteiger partial charge >= 0.3 is 121 Å². The first kappa shape index (κ1) is 12.1. The van der Waals surface area contributed by atoms with E-state index in [9.17, 15) is 0 Å². The van der Waals surface area contributed by atoms with Gasteiger partial charge in [-0.1, -0.05) is 0 Å². The van der Waals surface area contributed by atoms with Gasteiger partial charge in [-0.25, -0.2) is 0 Å². The summed E-state index contributed by atoms with van der Waals surface area (Å²) in [6.45, 7) is 4.59. The molecule has 3 rings (SSSR count). The second kappa shape index (κ2) is 4.02. The van der Waals surface area contributed by atoms with Crippen molar-refractivity contribution in [1.82, 2.24) is 0 Å². The van der Waals surface area contributed by atoms with E-state index in [2.05, 4.69) is 50.2 Å². The molecule has 18 heavy (non-hydrogen) atoms. The van der Waals surface area contributed by atoms with Gasteiger partial charge in [-0.05, 0) is 0 Å². The van der Waals surface area contributed by atoms with Gasteiger partial charge in [-0.2, -0.15) is 0 Å². The van der Waals surface area contributed by atoms with E-state index >= 15 is 0 Å². The summed E-state index contributed by atoms with van der Waals surface area (Å²) in [5.41, 5.74) is 5.61. The average Bonchev–Trinajstić information content (AvgIpc) is 2.58. The van der Waals surface area contributed by atoms with Crippen LogP contribution in [0.5, 0.6) is 5.75 Å². The van der Waals surface area contributed by atoms with Crippen LogP contribution in [0.2, 0.25) is 0 Å². The van der Waals surface area contributed by atoms with Crippen LogP contribution >= 0.6 is 0 Å². The van der Waals surface area contributed by atoms with Crippen LogP contribution in [0.25, 0.3) is 11.1 Å². The Bertz CT molecular complexity index is 629. The van der Waals surface area contributed by atoms with Crippen molar-refractivity contribution in [2.24, 2.45) is 0 Å². The van der Waals surface area contributed by atoms with Crippen molar-refractivity contribution in [3.63, 3.8) is 0 Å². The van der Waals surface area contributed by atoms with Crippen molar-refractivity contribution in [3.05, 3.63) is 47.5 Å². The van der Waals surface area contributed by atoms with E-state index < -0.39 is 0 Å². The van der Waals surface area contributed by atoms with E-state index in [-0.39, 0.29) is 5.41 Å². The van der Waals surface area contributed by atoms with Crippen LogP contribution in [0.1, 0.15) is 25.0 Å². The van der Waals surface area contributed by atoms with Gasteiger partial charge in [0.2, 0.25) is 0 Å². The zero-order chi connectivity index (χ0) is 12.9. The average molecular weight is 352 g/mol. The molecule has 0 saturated carbocycles. The van der Waals surface area contributed by atoms with Crippen LogP contribution < -0.4 is 8.35 Å². The summed E-state index contributed by atoms with van der Waals surface area (Å²) in [5.74, 6) is 0.934. The third-order valence-corrected chi connectivity index (χ3v) is 4.66. The van der Waals surface area contributed by atoms with Crippen molar-refractivity contribution in [3.8, 4) is 16.9 Å². The molecule has 0 amide bonds. The van der Waals surface area contributed by atoms with Gasteiger partial charge in [0.15, 0.2) is 0 Å². The van der Waals surface area contributed by atoms with Crippen LogP contribution in [-0.4, -0.2) is 29.4 Å². The van der Waals surface area contributed by atoms with Gasteiger partial charge in [0.1, 0.15) is 0 Å². The summed E-state index contributed by atoms with van der Waals surface area (Å²) in [4.78, 5) is 0. The molecular weight excluding hydrogens is 336 g/mol. The second-order valence-electron chi connectivity index (χ2n) is 5.27. The molecule has 0 bridgehead atoms. The fourth-order valence-corrected chi connectivity index (χ4v) is 3.44. The molecule has 0 heterocycles. The van der Waals surface area contributed by atoms with E-state index in [1.54, 1.807) is 29.4 Å². The Morgan fingerprint density at radius 3 is 2.22 bits per heavy atom. The molecule has 0 aliphatic heterocycles. The number of hydrogen-bond acceptors (Lipinski definition) is 1. The molecule has 2 aromatic rings. The van der Waals surface area contributed by atoms with E-state index in [1.807, 2.05) is 0 Å². The molecule has 0 spiro atoms.